The molecule has 0 atom stereocenters. The number of rotatable bonds is 3. The summed E-state index contributed by atoms with van der Waals surface area (Å²) in [5, 5.41) is 9.94. The van der Waals surface area contributed by atoms with Gasteiger partial charge >= 0.3 is 0 Å². The van der Waals surface area contributed by atoms with Gasteiger partial charge in [0.2, 0.25) is 5.95 Å². The summed E-state index contributed by atoms with van der Waals surface area (Å²) in [4.78, 5) is 11.8. The topological polar surface area (TPSA) is 69.7 Å². The Morgan fingerprint density at radius 3 is 2.84 bits per heavy atom. The Labute approximate surface area is 117 Å². The molecule has 0 spiro atoms. The van der Waals surface area contributed by atoms with E-state index in [0.717, 1.165) is 24.9 Å². The lowest BCUT2D eigenvalue weighted by Gasteiger charge is -2.26. The van der Waals surface area contributed by atoms with Crippen LogP contribution in [0.2, 0.25) is 0 Å². The van der Waals surface area contributed by atoms with Gasteiger partial charge < -0.3 is 10.2 Å². The first kappa shape index (κ1) is 12.3. The lowest BCUT2D eigenvalue weighted by atomic mass is 10.1. The maximum Gasteiger partial charge on any atom is 0.227 e. The maximum absolute atomic E-state index is 4.54. The molecule has 0 aromatic carbocycles. The number of piperidine rings is 1. The number of hydrogen-bond donors (Lipinski definition) is 3. The summed E-state index contributed by atoms with van der Waals surface area (Å²) in [5.74, 6) is 2.17. The molecule has 3 heterocycles. The second-order valence-corrected chi connectivity index (χ2v) is 5.02. The highest BCUT2D eigenvalue weighted by Gasteiger charge is 2.15. The van der Waals surface area contributed by atoms with E-state index in [1.165, 1.54) is 19.3 Å². The van der Waals surface area contributed by atoms with Crippen molar-refractivity contribution in [1.82, 2.24) is 20.2 Å². The number of nitrogens with zero attached hydrogens (tertiary/aromatic N) is 4. The average Bonchev–Trinajstić information content (AvgIpc) is 2.95. The molecule has 19 heavy (non-hydrogen) atoms. The van der Waals surface area contributed by atoms with Crippen molar-refractivity contribution >= 4 is 30.2 Å². The fourth-order valence-electron chi connectivity index (χ4n) is 2.16. The van der Waals surface area contributed by atoms with E-state index in [4.69, 9.17) is 0 Å². The first-order chi connectivity index (χ1) is 9.33. The van der Waals surface area contributed by atoms with Crippen LogP contribution in [0.15, 0.2) is 23.4 Å². The van der Waals surface area contributed by atoms with Crippen molar-refractivity contribution in [3.8, 4) is 0 Å². The van der Waals surface area contributed by atoms with Crippen molar-refractivity contribution in [2.45, 2.75) is 24.2 Å². The van der Waals surface area contributed by atoms with Crippen LogP contribution in [0, 0.1) is 0 Å². The molecule has 7 heteroatoms. The molecule has 0 aliphatic carbocycles. The number of thiol groups is 1. The zero-order chi connectivity index (χ0) is 13.1. The van der Waals surface area contributed by atoms with Gasteiger partial charge in [0.05, 0.1) is 4.90 Å². The van der Waals surface area contributed by atoms with Gasteiger partial charge in [0, 0.05) is 31.5 Å². The fourth-order valence-corrected chi connectivity index (χ4v) is 2.32. The zero-order valence-electron chi connectivity index (χ0n) is 10.5. The number of nitrogens with one attached hydrogen (secondary N) is 2. The second-order valence-electron chi connectivity index (χ2n) is 4.54. The van der Waals surface area contributed by atoms with Crippen LogP contribution >= 0.6 is 12.6 Å². The van der Waals surface area contributed by atoms with Crippen LogP contribution in [0.1, 0.15) is 19.3 Å². The predicted molar refractivity (Wildman–Crippen MR) is 77.2 cm³/mol. The summed E-state index contributed by atoms with van der Waals surface area (Å²) in [6, 6.07) is 1.84. The Hall–Kier alpha value is -1.76. The fraction of sp³-hybridized carbons (Fsp3) is 0.417. The first-order valence-corrected chi connectivity index (χ1v) is 6.85. The SMILES string of the molecule is Sc1cnc(N2CCCCC2)nc1Nc1cc[nH]n1. The summed E-state index contributed by atoms with van der Waals surface area (Å²) in [6.45, 7) is 2.04. The molecule has 2 aromatic heterocycles. The van der Waals surface area contributed by atoms with Gasteiger partial charge in [-0.1, -0.05) is 0 Å². The highest BCUT2D eigenvalue weighted by Crippen LogP contribution is 2.23. The molecule has 0 unspecified atom stereocenters. The molecular weight excluding hydrogens is 260 g/mol. The quantitative estimate of drug-likeness (QED) is 0.750. The Kier molecular flexibility index (Phi) is 3.54. The van der Waals surface area contributed by atoms with Crippen molar-refractivity contribution in [2.24, 2.45) is 0 Å². The lowest BCUT2D eigenvalue weighted by molar-refractivity contribution is 0.568. The normalized spacial score (nSPS) is 15.5. The minimum Gasteiger partial charge on any atom is -0.341 e. The average molecular weight is 276 g/mol. The van der Waals surface area contributed by atoms with Gasteiger partial charge in [-0.15, -0.1) is 12.6 Å². The molecule has 0 bridgehead atoms. The smallest absolute Gasteiger partial charge is 0.227 e. The number of anilines is 3. The predicted octanol–water partition coefficient (Wildman–Crippen LogP) is 2.22. The molecule has 0 saturated carbocycles. The standard InChI is InChI=1S/C12H16N6S/c19-9-8-13-12(18-6-2-1-3-7-18)16-11(9)15-10-4-5-14-17-10/h4-5,8,19H,1-3,6-7H2,(H2,13,14,15,16,17). The summed E-state index contributed by atoms with van der Waals surface area (Å²) in [5.41, 5.74) is 0. The molecule has 1 fully saturated rings. The van der Waals surface area contributed by atoms with Gasteiger partial charge in [0.25, 0.3) is 0 Å². The third-order valence-corrected chi connectivity index (χ3v) is 3.47. The van der Waals surface area contributed by atoms with Gasteiger partial charge in [-0.3, -0.25) is 5.10 Å². The highest BCUT2D eigenvalue weighted by atomic mass is 32.1. The van der Waals surface area contributed by atoms with Crippen LogP contribution in [0.4, 0.5) is 17.6 Å². The number of H-pyrrole nitrogens is 1. The lowest BCUT2D eigenvalue weighted by Crippen LogP contribution is -2.31. The molecular formula is C12H16N6S. The molecule has 2 aromatic rings. The van der Waals surface area contributed by atoms with Gasteiger partial charge in [0.15, 0.2) is 11.6 Å². The van der Waals surface area contributed by atoms with Crippen molar-refractivity contribution in [3.05, 3.63) is 18.5 Å². The molecule has 0 amide bonds. The number of aromatic amines is 1. The van der Waals surface area contributed by atoms with E-state index in [2.05, 4.69) is 43.0 Å². The van der Waals surface area contributed by atoms with Gasteiger partial charge in [-0.05, 0) is 19.3 Å². The molecule has 6 nitrogen and oxygen atoms in total. The van der Waals surface area contributed by atoms with Crippen molar-refractivity contribution in [1.29, 1.82) is 0 Å². The third-order valence-electron chi connectivity index (χ3n) is 3.14. The van der Waals surface area contributed by atoms with Gasteiger partial charge in [-0.2, -0.15) is 10.1 Å². The highest BCUT2D eigenvalue weighted by molar-refractivity contribution is 7.80. The third kappa shape index (κ3) is 2.81. The summed E-state index contributed by atoms with van der Waals surface area (Å²) >= 11 is 4.38. The van der Waals surface area contributed by atoms with Gasteiger partial charge in [0.1, 0.15) is 0 Å². The minimum atomic E-state index is 0.686. The number of hydrogen-bond acceptors (Lipinski definition) is 6. The summed E-state index contributed by atoms with van der Waals surface area (Å²) in [6.07, 6.45) is 7.18. The van der Waals surface area contributed by atoms with E-state index in [9.17, 15) is 0 Å². The molecule has 1 aliphatic rings. The number of aromatic nitrogens is 4. The van der Waals surface area contributed by atoms with Crippen LogP contribution in [-0.4, -0.2) is 33.3 Å². The van der Waals surface area contributed by atoms with Crippen molar-refractivity contribution < 1.29 is 0 Å². The van der Waals surface area contributed by atoms with E-state index in [-0.39, 0.29) is 0 Å². The largest absolute Gasteiger partial charge is 0.341 e. The van der Waals surface area contributed by atoms with Crippen molar-refractivity contribution in [2.75, 3.05) is 23.3 Å². The molecule has 100 valence electrons. The first-order valence-electron chi connectivity index (χ1n) is 6.41. The molecule has 1 saturated heterocycles. The summed E-state index contributed by atoms with van der Waals surface area (Å²) < 4.78 is 0. The van der Waals surface area contributed by atoms with Crippen LogP contribution in [0.25, 0.3) is 0 Å². The van der Waals surface area contributed by atoms with Gasteiger partial charge in [-0.25, -0.2) is 4.98 Å². The second kappa shape index (κ2) is 5.48. The zero-order valence-corrected chi connectivity index (χ0v) is 11.4. The van der Waals surface area contributed by atoms with E-state index >= 15 is 0 Å². The van der Waals surface area contributed by atoms with E-state index in [1.54, 1.807) is 12.4 Å². The van der Waals surface area contributed by atoms with Crippen molar-refractivity contribution in [3.63, 3.8) is 0 Å². The Balaban J connectivity index is 1.83. The summed E-state index contributed by atoms with van der Waals surface area (Å²) in [7, 11) is 0. The van der Waals surface area contributed by atoms with Crippen LogP contribution in [-0.2, 0) is 0 Å². The Bertz CT molecular complexity index is 535. The van der Waals surface area contributed by atoms with E-state index < -0.39 is 0 Å². The van der Waals surface area contributed by atoms with Crippen LogP contribution in [0.5, 0.6) is 0 Å². The van der Waals surface area contributed by atoms with E-state index in [0.29, 0.717) is 10.7 Å². The van der Waals surface area contributed by atoms with Crippen LogP contribution in [0.3, 0.4) is 0 Å². The molecule has 3 rings (SSSR count). The molecule has 1 aliphatic heterocycles. The molecule has 0 radical (unpaired) electrons. The Morgan fingerprint density at radius 2 is 2.11 bits per heavy atom. The minimum absolute atomic E-state index is 0.686. The van der Waals surface area contributed by atoms with E-state index in [1.807, 2.05) is 6.07 Å². The maximum atomic E-state index is 4.54. The monoisotopic (exact) mass is 276 g/mol. The molecule has 2 N–H and O–H groups in total. The van der Waals surface area contributed by atoms with Crippen LogP contribution < -0.4 is 10.2 Å². The Morgan fingerprint density at radius 1 is 1.26 bits per heavy atom.